The van der Waals surface area contributed by atoms with Crippen molar-refractivity contribution in [1.82, 2.24) is 10.3 Å². The van der Waals surface area contributed by atoms with Crippen molar-refractivity contribution in [3.8, 4) is 11.3 Å². The Balaban J connectivity index is 1.51. The smallest absolute Gasteiger partial charge is 0.252 e. The Morgan fingerprint density at radius 1 is 1.10 bits per heavy atom. The number of benzene rings is 2. The summed E-state index contributed by atoms with van der Waals surface area (Å²) in [4.78, 5) is 19.3. The third kappa shape index (κ3) is 4.81. The van der Waals surface area contributed by atoms with Gasteiger partial charge in [-0.2, -0.15) is 0 Å². The summed E-state index contributed by atoms with van der Waals surface area (Å²) in [7, 11) is 0. The van der Waals surface area contributed by atoms with E-state index < -0.39 is 0 Å². The number of quaternary nitrogens is 1. The number of carbonyl (C=O) groups excluding carboxylic acids is 1. The second kappa shape index (κ2) is 9.16. The third-order valence-electron chi connectivity index (χ3n) is 5.47. The van der Waals surface area contributed by atoms with Crippen LogP contribution >= 0.6 is 0 Å². The highest BCUT2D eigenvalue weighted by atomic mass is 16.5. The molecule has 4 rings (SSSR count). The van der Waals surface area contributed by atoms with Gasteiger partial charge in [-0.05, 0) is 25.1 Å². The van der Waals surface area contributed by atoms with Crippen LogP contribution in [0, 0.1) is 6.92 Å². The number of aromatic nitrogens is 1. The van der Waals surface area contributed by atoms with Gasteiger partial charge in [0.1, 0.15) is 13.1 Å². The van der Waals surface area contributed by atoms with Crippen LogP contribution in [-0.4, -0.2) is 50.3 Å². The van der Waals surface area contributed by atoms with Crippen molar-refractivity contribution < 1.29 is 14.4 Å². The minimum atomic E-state index is -0.0329. The maximum Gasteiger partial charge on any atom is 0.252 e. The molecule has 1 amide bonds. The van der Waals surface area contributed by atoms with Crippen LogP contribution in [0.5, 0.6) is 0 Å². The number of amides is 1. The zero-order valence-electron chi connectivity index (χ0n) is 16.9. The van der Waals surface area contributed by atoms with Gasteiger partial charge >= 0.3 is 0 Å². The maximum atomic E-state index is 13.0. The first-order chi connectivity index (χ1) is 14.2. The highest BCUT2D eigenvalue weighted by Gasteiger charge is 2.15. The molecule has 2 aromatic carbocycles. The van der Waals surface area contributed by atoms with Crippen molar-refractivity contribution in [2.45, 2.75) is 13.3 Å². The molecule has 1 aromatic heterocycles. The van der Waals surface area contributed by atoms with Crippen molar-refractivity contribution in [3.63, 3.8) is 0 Å². The van der Waals surface area contributed by atoms with E-state index in [0.29, 0.717) is 12.1 Å². The number of nitrogens with zero attached hydrogens (tertiary/aromatic N) is 1. The lowest BCUT2D eigenvalue weighted by molar-refractivity contribution is -0.908. The van der Waals surface area contributed by atoms with Crippen LogP contribution in [-0.2, 0) is 4.74 Å². The van der Waals surface area contributed by atoms with Gasteiger partial charge in [-0.3, -0.25) is 4.79 Å². The largest absolute Gasteiger partial charge is 0.370 e. The molecule has 0 saturated carbocycles. The number of hydrogen-bond donors (Lipinski definition) is 2. The van der Waals surface area contributed by atoms with Gasteiger partial charge in [0, 0.05) is 23.9 Å². The monoisotopic (exact) mass is 390 g/mol. The Morgan fingerprint density at radius 3 is 2.76 bits per heavy atom. The Hall–Kier alpha value is -2.76. The number of pyridine rings is 1. The molecule has 0 radical (unpaired) electrons. The molecule has 0 atom stereocenters. The van der Waals surface area contributed by atoms with E-state index in [-0.39, 0.29) is 5.91 Å². The lowest BCUT2D eigenvalue weighted by atomic mass is 10.0. The van der Waals surface area contributed by atoms with E-state index in [4.69, 9.17) is 9.72 Å². The summed E-state index contributed by atoms with van der Waals surface area (Å²) < 4.78 is 5.40. The lowest BCUT2D eigenvalue weighted by Gasteiger charge is -2.23. The Morgan fingerprint density at radius 2 is 1.93 bits per heavy atom. The number of para-hydroxylation sites is 1. The van der Waals surface area contributed by atoms with Gasteiger partial charge in [-0.25, -0.2) is 4.98 Å². The molecule has 0 bridgehead atoms. The van der Waals surface area contributed by atoms with Crippen molar-refractivity contribution in [1.29, 1.82) is 0 Å². The van der Waals surface area contributed by atoms with E-state index in [2.05, 4.69) is 24.4 Å². The van der Waals surface area contributed by atoms with Crippen LogP contribution in [0.3, 0.4) is 0 Å². The fourth-order valence-electron chi connectivity index (χ4n) is 3.86. The standard InChI is InChI=1S/C24H27N3O2/c1-18-6-4-7-19(16-18)23-17-21(20-8-2-3-9-22(20)26-23)24(28)25-10-5-11-27-12-14-29-15-13-27/h2-4,6-9,16-17H,5,10-15H2,1H3,(H,25,28)/p+1. The highest BCUT2D eigenvalue weighted by molar-refractivity contribution is 6.07. The average Bonchev–Trinajstić information content (AvgIpc) is 2.76. The van der Waals surface area contributed by atoms with Crippen molar-refractivity contribution in [2.75, 3.05) is 39.4 Å². The number of carbonyl (C=O) groups is 1. The summed E-state index contributed by atoms with van der Waals surface area (Å²) in [6, 6.07) is 18.0. The number of hydrogen-bond acceptors (Lipinski definition) is 3. The van der Waals surface area contributed by atoms with Crippen LogP contribution < -0.4 is 10.2 Å². The topological polar surface area (TPSA) is 55.7 Å². The molecule has 150 valence electrons. The minimum Gasteiger partial charge on any atom is -0.370 e. The first-order valence-corrected chi connectivity index (χ1v) is 10.4. The molecule has 0 spiro atoms. The molecule has 5 nitrogen and oxygen atoms in total. The predicted molar refractivity (Wildman–Crippen MR) is 115 cm³/mol. The number of aryl methyl sites for hydroxylation is 1. The van der Waals surface area contributed by atoms with Crippen LogP contribution in [0.2, 0.25) is 0 Å². The third-order valence-corrected chi connectivity index (χ3v) is 5.47. The molecule has 1 aliphatic heterocycles. The molecule has 29 heavy (non-hydrogen) atoms. The summed E-state index contributed by atoms with van der Waals surface area (Å²) in [5, 5.41) is 4.00. The van der Waals surface area contributed by atoms with Gasteiger partial charge in [0.2, 0.25) is 0 Å². The van der Waals surface area contributed by atoms with E-state index in [9.17, 15) is 4.79 Å². The molecule has 1 saturated heterocycles. The quantitative estimate of drug-likeness (QED) is 0.635. The fraction of sp³-hybridized carbons (Fsp3) is 0.333. The zero-order valence-corrected chi connectivity index (χ0v) is 16.9. The molecule has 1 fully saturated rings. The van der Waals surface area contributed by atoms with E-state index >= 15 is 0 Å². The second-order valence-electron chi connectivity index (χ2n) is 7.66. The van der Waals surface area contributed by atoms with Crippen LogP contribution in [0.1, 0.15) is 22.3 Å². The summed E-state index contributed by atoms with van der Waals surface area (Å²) in [6.45, 7) is 7.61. The van der Waals surface area contributed by atoms with Crippen molar-refractivity contribution in [3.05, 3.63) is 65.7 Å². The first-order valence-electron chi connectivity index (χ1n) is 10.4. The number of ether oxygens (including phenoxy) is 1. The van der Waals surface area contributed by atoms with Crippen molar-refractivity contribution in [2.24, 2.45) is 0 Å². The molecule has 0 aliphatic carbocycles. The van der Waals surface area contributed by atoms with E-state index in [0.717, 1.165) is 61.4 Å². The predicted octanol–water partition coefficient (Wildman–Crippen LogP) is 2.25. The number of morpholine rings is 1. The Labute approximate surface area is 171 Å². The first kappa shape index (κ1) is 19.6. The van der Waals surface area contributed by atoms with Gasteiger partial charge in [0.15, 0.2) is 0 Å². The van der Waals surface area contributed by atoms with Crippen LogP contribution in [0.4, 0.5) is 0 Å². The molecular weight excluding hydrogens is 362 g/mol. The van der Waals surface area contributed by atoms with Gasteiger partial charge in [0.25, 0.3) is 5.91 Å². The van der Waals surface area contributed by atoms with E-state index in [1.807, 2.05) is 42.5 Å². The molecule has 2 heterocycles. The summed E-state index contributed by atoms with van der Waals surface area (Å²) >= 11 is 0. The van der Waals surface area contributed by atoms with E-state index in [1.165, 1.54) is 5.56 Å². The SMILES string of the molecule is Cc1cccc(-c2cc(C(=O)NCCC[NH+]3CCOCC3)c3ccccc3n2)c1. The Bertz CT molecular complexity index is 996. The molecule has 3 aromatic rings. The van der Waals surface area contributed by atoms with Crippen LogP contribution in [0.25, 0.3) is 22.2 Å². The lowest BCUT2D eigenvalue weighted by Crippen LogP contribution is -3.14. The number of nitrogens with one attached hydrogen (secondary N) is 2. The Kier molecular flexibility index (Phi) is 6.17. The molecular formula is C24H28N3O2+. The summed E-state index contributed by atoms with van der Waals surface area (Å²) in [5.74, 6) is -0.0329. The summed E-state index contributed by atoms with van der Waals surface area (Å²) in [6.07, 6.45) is 0.967. The van der Waals surface area contributed by atoms with Gasteiger partial charge in [-0.15, -0.1) is 0 Å². The van der Waals surface area contributed by atoms with Crippen LogP contribution in [0.15, 0.2) is 54.6 Å². The highest BCUT2D eigenvalue weighted by Crippen LogP contribution is 2.25. The molecule has 0 unspecified atom stereocenters. The number of fused-ring (bicyclic) bond motifs is 1. The fourth-order valence-corrected chi connectivity index (χ4v) is 3.86. The molecule has 5 heteroatoms. The van der Waals surface area contributed by atoms with Crippen molar-refractivity contribution >= 4 is 16.8 Å². The summed E-state index contributed by atoms with van der Waals surface area (Å²) in [5.41, 5.74) is 4.56. The molecule has 1 aliphatic rings. The maximum absolute atomic E-state index is 13.0. The van der Waals surface area contributed by atoms with Gasteiger partial charge in [-0.1, -0.05) is 42.0 Å². The number of rotatable bonds is 6. The minimum absolute atomic E-state index is 0.0329. The van der Waals surface area contributed by atoms with Gasteiger partial charge < -0.3 is 15.0 Å². The van der Waals surface area contributed by atoms with Gasteiger partial charge in [0.05, 0.1) is 36.5 Å². The second-order valence-corrected chi connectivity index (χ2v) is 7.66. The normalized spacial score (nSPS) is 14.8. The zero-order chi connectivity index (χ0) is 20.1. The molecule has 2 N–H and O–H groups in total. The van der Waals surface area contributed by atoms with E-state index in [1.54, 1.807) is 4.90 Å². The average molecular weight is 391 g/mol.